The van der Waals surface area contributed by atoms with Crippen molar-refractivity contribution in [3.63, 3.8) is 0 Å². The summed E-state index contributed by atoms with van der Waals surface area (Å²) in [5.74, 6) is 0. The second-order valence-corrected chi connectivity index (χ2v) is 5.68. The Hall–Kier alpha value is -0.620. The van der Waals surface area contributed by atoms with E-state index in [1.54, 1.807) is 18.2 Å². The highest BCUT2D eigenvalue weighted by Gasteiger charge is 2.15. The summed E-state index contributed by atoms with van der Waals surface area (Å²) in [4.78, 5) is 0.130. The minimum Gasteiger partial charge on any atom is -0.317 e. The molecule has 0 saturated carbocycles. The van der Waals surface area contributed by atoms with Gasteiger partial charge in [-0.25, -0.2) is 13.1 Å². The van der Waals surface area contributed by atoms with Crippen molar-refractivity contribution in [1.29, 1.82) is 0 Å². The third-order valence-corrected chi connectivity index (χ3v) is 4.16. The summed E-state index contributed by atoms with van der Waals surface area (Å²) in [7, 11) is -3.49. The molecule has 17 heavy (non-hydrogen) atoms. The first-order valence-electron chi connectivity index (χ1n) is 5.53. The van der Waals surface area contributed by atoms with Crippen LogP contribution in [0.3, 0.4) is 0 Å². The highest BCUT2D eigenvalue weighted by Crippen LogP contribution is 2.19. The Balaban J connectivity index is 2.55. The largest absolute Gasteiger partial charge is 0.317 e. The molecule has 0 heterocycles. The Morgan fingerprint density at radius 2 is 1.94 bits per heavy atom. The van der Waals surface area contributed by atoms with E-state index < -0.39 is 10.0 Å². The molecule has 0 aromatic heterocycles. The molecule has 0 atom stereocenters. The number of benzene rings is 1. The molecule has 0 radical (unpaired) electrons. The lowest BCUT2D eigenvalue weighted by molar-refractivity contribution is 0.575. The lowest BCUT2D eigenvalue weighted by Gasteiger charge is -2.08. The molecule has 2 N–H and O–H groups in total. The van der Waals surface area contributed by atoms with Crippen molar-refractivity contribution >= 4 is 21.6 Å². The number of rotatable bonds is 7. The summed E-state index contributed by atoms with van der Waals surface area (Å²) >= 11 is 5.84. The first-order chi connectivity index (χ1) is 8.08. The average molecular weight is 277 g/mol. The van der Waals surface area contributed by atoms with Gasteiger partial charge in [-0.1, -0.05) is 30.7 Å². The third kappa shape index (κ3) is 4.63. The highest BCUT2D eigenvalue weighted by molar-refractivity contribution is 7.89. The number of hydrogen-bond donors (Lipinski definition) is 2. The second kappa shape index (κ2) is 6.96. The molecule has 0 saturated heterocycles. The van der Waals surface area contributed by atoms with Crippen molar-refractivity contribution in [1.82, 2.24) is 10.0 Å². The van der Waals surface area contributed by atoms with E-state index in [0.717, 1.165) is 19.5 Å². The van der Waals surface area contributed by atoms with E-state index >= 15 is 0 Å². The molecule has 1 aromatic carbocycles. The summed E-state index contributed by atoms with van der Waals surface area (Å²) in [5, 5.41) is 3.37. The van der Waals surface area contributed by atoms with Gasteiger partial charge in [-0.05, 0) is 31.6 Å². The van der Waals surface area contributed by atoms with Crippen LogP contribution in [0.15, 0.2) is 29.2 Å². The van der Waals surface area contributed by atoms with E-state index in [0.29, 0.717) is 6.54 Å². The number of halogens is 1. The van der Waals surface area contributed by atoms with E-state index in [4.69, 9.17) is 11.6 Å². The zero-order valence-corrected chi connectivity index (χ0v) is 11.3. The van der Waals surface area contributed by atoms with Gasteiger partial charge in [0.15, 0.2) is 0 Å². The third-order valence-electron chi connectivity index (χ3n) is 2.20. The van der Waals surface area contributed by atoms with Crippen LogP contribution in [0.25, 0.3) is 0 Å². The number of hydrogen-bond acceptors (Lipinski definition) is 3. The lowest BCUT2D eigenvalue weighted by Crippen LogP contribution is -2.27. The van der Waals surface area contributed by atoms with Crippen LogP contribution < -0.4 is 10.0 Å². The van der Waals surface area contributed by atoms with Crippen LogP contribution in [0.5, 0.6) is 0 Å². The maximum Gasteiger partial charge on any atom is 0.242 e. The van der Waals surface area contributed by atoms with Gasteiger partial charge in [0.2, 0.25) is 10.0 Å². The van der Waals surface area contributed by atoms with Gasteiger partial charge >= 0.3 is 0 Å². The SMILES string of the molecule is CCNCCCNS(=O)(=O)c1ccccc1Cl. The van der Waals surface area contributed by atoms with E-state index in [9.17, 15) is 8.42 Å². The molecule has 1 aromatic rings. The number of sulfonamides is 1. The standard InChI is InChI=1S/C11H17ClN2O2S/c1-2-13-8-5-9-14-17(15,16)11-7-4-3-6-10(11)12/h3-4,6-7,13-14H,2,5,8-9H2,1H3. The first-order valence-corrected chi connectivity index (χ1v) is 7.39. The summed E-state index contributed by atoms with van der Waals surface area (Å²) in [6.45, 7) is 4.09. The smallest absolute Gasteiger partial charge is 0.242 e. The summed E-state index contributed by atoms with van der Waals surface area (Å²) in [6, 6.07) is 6.41. The van der Waals surface area contributed by atoms with E-state index in [1.165, 1.54) is 6.07 Å². The topological polar surface area (TPSA) is 58.2 Å². The van der Waals surface area contributed by atoms with Gasteiger partial charge in [0.1, 0.15) is 4.90 Å². The van der Waals surface area contributed by atoms with Crippen molar-refractivity contribution < 1.29 is 8.42 Å². The molecule has 0 aliphatic heterocycles. The molecule has 0 amide bonds. The van der Waals surface area contributed by atoms with Crippen molar-refractivity contribution in [3.05, 3.63) is 29.3 Å². The van der Waals surface area contributed by atoms with Crippen LogP contribution >= 0.6 is 11.6 Å². The maximum absolute atomic E-state index is 11.9. The van der Waals surface area contributed by atoms with Gasteiger partial charge in [0.25, 0.3) is 0 Å². The highest BCUT2D eigenvalue weighted by atomic mass is 35.5. The first kappa shape index (κ1) is 14.4. The maximum atomic E-state index is 11.9. The van der Waals surface area contributed by atoms with Gasteiger partial charge in [0.05, 0.1) is 5.02 Å². The Labute approximate surface area is 107 Å². The van der Waals surface area contributed by atoms with Crippen molar-refractivity contribution in [2.45, 2.75) is 18.2 Å². The van der Waals surface area contributed by atoms with Crippen LogP contribution in [0, 0.1) is 0 Å². The fraction of sp³-hybridized carbons (Fsp3) is 0.455. The fourth-order valence-corrected chi connectivity index (χ4v) is 2.93. The van der Waals surface area contributed by atoms with Crippen molar-refractivity contribution in [3.8, 4) is 0 Å². The molecule has 0 aliphatic rings. The van der Waals surface area contributed by atoms with Crippen LogP contribution in [0.1, 0.15) is 13.3 Å². The Morgan fingerprint density at radius 1 is 1.24 bits per heavy atom. The van der Waals surface area contributed by atoms with E-state index in [-0.39, 0.29) is 9.92 Å². The molecule has 1 rings (SSSR count). The van der Waals surface area contributed by atoms with Crippen LogP contribution in [-0.4, -0.2) is 28.1 Å². The van der Waals surface area contributed by atoms with Crippen molar-refractivity contribution in [2.75, 3.05) is 19.6 Å². The Kier molecular flexibility index (Phi) is 5.91. The van der Waals surface area contributed by atoms with Gasteiger partial charge in [-0.3, -0.25) is 0 Å². The molecule has 6 heteroatoms. The molecular formula is C11H17ClN2O2S. The van der Waals surface area contributed by atoms with E-state index in [2.05, 4.69) is 10.0 Å². The van der Waals surface area contributed by atoms with Crippen LogP contribution in [-0.2, 0) is 10.0 Å². The van der Waals surface area contributed by atoms with Gasteiger partial charge < -0.3 is 5.32 Å². The normalized spacial score (nSPS) is 11.6. The summed E-state index contributed by atoms with van der Waals surface area (Å²) < 4.78 is 26.3. The zero-order chi connectivity index (χ0) is 12.7. The number of nitrogens with one attached hydrogen (secondary N) is 2. The molecule has 0 unspecified atom stereocenters. The Bertz CT molecular complexity index is 449. The van der Waals surface area contributed by atoms with Crippen molar-refractivity contribution in [2.24, 2.45) is 0 Å². The molecule has 0 spiro atoms. The van der Waals surface area contributed by atoms with Gasteiger partial charge in [-0.2, -0.15) is 0 Å². The van der Waals surface area contributed by atoms with E-state index in [1.807, 2.05) is 6.92 Å². The molecule has 0 bridgehead atoms. The fourth-order valence-electron chi connectivity index (χ4n) is 1.34. The minimum atomic E-state index is -3.49. The summed E-state index contributed by atoms with van der Waals surface area (Å²) in [5.41, 5.74) is 0. The predicted molar refractivity (Wildman–Crippen MR) is 69.8 cm³/mol. The van der Waals surface area contributed by atoms with Gasteiger partial charge in [-0.15, -0.1) is 0 Å². The predicted octanol–water partition coefficient (Wildman–Crippen LogP) is 1.62. The molecule has 96 valence electrons. The molecule has 4 nitrogen and oxygen atoms in total. The van der Waals surface area contributed by atoms with Gasteiger partial charge in [0, 0.05) is 6.54 Å². The molecular weight excluding hydrogens is 260 g/mol. The second-order valence-electron chi connectivity index (χ2n) is 3.54. The minimum absolute atomic E-state index is 0.130. The zero-order valence-electron chi connectivity index (χ0n) is 9.74. The monoisotopic (exact) mass is 276 g/mol. The Morgan fingerprint density at radius 3 is 2.59 bits per heavy atom. The lowest BCUT2D eigenvalue weighted by atomic mass is 10.4. The van der Waals surface area contributed by atoms with Crippen LogP contribution in [0.2, 0.25) is 5.02 Å². The quantitative estimate of drug-likeness (QED) is 0.744. The summed E-state index contributed by atoms with van der Waals surface area (Å²) in [6.07, 6.45) is 0.748. The average Bonchev–Trinajstić information content (AvgIpc) is 2.29. The molecule has 0 aliphatic carbocycles. The molecule has 0 fully saturated rings. The van der Waals surface area contributed by atoms with Crippen LogP contribution in [0.4, 0.5) is 0 Å².